The van der Waals surface area contributed by atoms with Gasteiger partial charge in [0.2, 0.25) is 0 Å². The summed E-state index contributed by atoms with van der Waals surface area (Å²) < 4.78 is 5.09. The Balaban J connectivity index is 1.70. The third-order valence-corrected chi connectivity index (χ3v) is 4.22. The molecule has 0 aliphatic carbocycles. The summed E-state index contributed by atoms with van der Waals surface area (Å²) in [6.45, 7) is 5.96. The third-order valence-electron chi connectivity index (χ3n) is 4.22. The molecule has 1 aliphatic rings. The van der Waals surface area contributed by atoms with Crippen LogP contribution in [-0.4, -0.2) is 63.4 Å². The molecule has 1 saturated heterocycles. The second kappa shape index (κ2) is 6.88. The van der Waals surface area contributed by atoms with Crippen LogP contribution in [0.2, 0.25) is 0 Å². The van der Waals surface area contributed by atoms with Gasteiger partial charge in [0, 0.05) is 26.2 Å². The summed E-state index contributed by atoms with van der Waals surface area (Å²) in [7, 11) is 0. The first-order chi connectivity index (χ1) is 12.0. The van der Waals surface area contributed by atoms with Gasteiger partial charge in [-0.05, 0) is 32.4 Å². The van der Waals surface area contributed by atoms with Gasteiger partial charge in [0.25, 0.3) is 5.91 Å². The molecule has 3 heterocycles. The van der Waals surface area contributed by atoms with Gasteiger partial charge in [-0.2, -0.15) is 0 Å². The van der Waals surface area contributed by atoms with Crippen LogP contribution in [0.4, 0.5) is 5.82 Å². The Kier molecular flexibility index (Phi) is 4.64. The smallest absolute Gasteiger partial charge is 0.356 e. The van der Waals surface area contributed by atoms with E-state index in [1.165, 1.54) is 6.07 Å². The molecule has 1 aliphatic heterocycles. The largest absolute Gasteiger partial charge is 0.476 e. The first-order valence-electron chi connectivity index (χ1n) is 8.01. The number of carbonyl (C=O) groups is 2. The van der Waals surface area contributed by atoms with Crippen molar-refractivity contribution in [2.24, 2.45) is 0 Å². The van der Waals surface area contributed by atoms with Crippen molar-refractivity contribution in [1.82, 2.24) is 20.3 Å². The molecule has 9 nitrogen and oxygen atoms in total. The molecule has 0 unspecified atom stereocenters. The van der Waals surface area contributed by atoms with Crippen molar-refractivity contribution in [2.75, 3.05) is 31.1 Å². The number of amides is 1. The number of nitrogens with zero attached hydrogens (tertiary/aromatic N) is 5. The van der Waals surface area contributed by atoms with Gasteiger partial charge >= 0.3 is 5.97 Å². The number of aromatic nitrogens is 3. The Morgan fingerprint density at radius 1 is 1.12 bits per heavy atom. The van der Waals surface area contributed by atoms with Gasteiger partial charge in [-0.25, -0.2) is 4.79 Å². The number of anilines is 1. The van der Waals surface area contributed by atoms with Crippen molar-refractivity contribution in [1.29, 1.82) is 0 Å². The lowest BCUT2D eigenvalue weighted by molar-refractivity contribution is 0.0688. The van der Waals surface area contributed by atoms with E-state index in [2.05, 4.69) is 15.4 Å². The molecular formula is C16H19N5O4. The highest BCUT2D eigenvalue weighted by atomic mass is 16.5. The van der Waals surface area contributed by atoms with Gasteiger partial charge in [-0.1, -0.05) is 5.16 Å². The zero-order valence-corrected chi connectivity index (χ0v) is 14.1. The molecule has 1 amide bonds. The average molecular weight is 345 g/mol. The van der Waals surface area contributed by atoms with Crippen molar-refractivity contribution in [2.45, 2.75) is 20.3 Å². The number of hydrogen-bond acceptors (Lipinski definition) is 7. The normalized spacial score (nSPS) is 15.1. The van der Waals surface area contributed by atoms with Crippen LogP contribution in [0.15, 0.2) is 16.7 Å². The lowest BCUT2D eigenvalue weighted by Crippen LogP contribution is -2.36. The summed E-state index contributed by atoms with van der Waals surface area (Å²) in [5, 5.41) is 20.4. The zero-order valence-electron chi connectivity index (χ0n) is 14.1. The van der Waals surface area contributed by atoms with Crippen LogP contribution in [0, 0.1) is 13.8 Å². The monoisotopic (exact) mass is 345 g/mol. The van der Waals surface area contributed by atoms with Crippen LogP contribution in [0.3, 0.4) is 0 Å². The Hall–Kier alpha value is -2.97. The molecule has 0 spiro atoms. The van der Waals surface area contributed by atoms with E-state index < -0.39 is 5.97 Å². The molecule has 0 atom stereocenters. The zero-order chi connectivity index (χ0) is 18.0. The van der Waals surface area contributed by atoms with E-state index in [-0.39, 0.29) is 11.6 Å². The minimum atomic E-state index is -1.11. The van der Waals surface area contributed by atoms with Crippen LogP contribution in [0.1, 0.15) is 38.7 Å². The summed E-state index contributed by atoms with van der Waals surface area (Å²) >= 11 is 0. The quantitative estimate of drug-likeness (QED) is 0.881. The maximum atomic E-state index is 12.7. The van der Waals surface area contributed by atoms with Crippen molar-refractivity contribution < 1.29 is 19.2 Å². The molecule has 0 bridgehead atoms. The van der Waals surface area contributed by atoms with Gasteiger partial charge in [-0.3, -0.25) is 4.79 Å². The van der Waals surface area contributed by atoms with Crippen LogP contribution in [-0.2, 0) is 0 Å². The van der Waals surface area contributed by atoms with Crippen molar-refractivity contribution in [3.8, 4) is 0 Å². The first-order valence-corrected chi connectivity index (χ1v) is 8.01. The third kappa shape index (κ3) is 3.44. The molecular weight excluding hydrogens is 326 g/mol. The summed E-state index contributed by atoms with van der Waals surface area (Å²) in [6.07, 6.45) is 0.775. The maximum absolute atomic E-state index is 12.7. The number of aryl methyl sites for hydroxylation is 2. The number of hydrogen-bond donors (Lipinski definition) is 1. The predicted octanol–water partition coefficient (Wildman–Crippen LogP) is 1.13. The molecule has 9 heteroatoms. The summed E-state index contributed by atoms with van der Waals surface area (Å²) in [5.74, 6) is -0.0491. The molecule has 25 heavy (non-hydrogen) atoms. The molecule has 132 valence electrons. The molecule has 3 rings (SSSR count). The Morgan fingerprint density at radius 3 is 2.52 bits per heavy atom. The minimum absolute atomic E-state index is 0.0783. The van der Waals surface area contributed by atoms with Crippen molar-refractivity contribution in [3.05, 3.63) is 34.8 Å². The van der Waals surface area contributed by atoms with E-state index in [1.54, 1.807) is 24.8 Å². The predicted molar refractivity (Wildman–Crippen MR) is 87.7 cm³/mol. The fourth-order valence-corrected chi connectivity index (χ4v) is 2.90. The summed E-state index contributed by atoms with van der Waals surface area (Å²) in [6, 6.07) is 3.07. The highest BCUT2D eigenvalue weighted by Crippen LogP contribution is 2.18. The van der Waals surface area contributed by atoms with E-state index in [0.717, 1.165) is 6.42 Å². The SMILES string of the molecule is Cc1noc(C)c1C(=O)N1CCCN(c2ccc(C(=O)O)nn2)CC1. The fourth-order valence-electron chi connectivity index (χ4n) is 2.90. The fraction of sp³-hybridized carbons (Fsp3) is 0.438. The summed E-state index contributed by atoms with van der Waals surface area (Å²) in [4.78, 5) is 27.4. The van der Waals surface area contributed by atoms with Crippen LogP contribution in [0.5, 0.6) is 0 Å². The topological polar surface area (TPSA) is 113 Å². The number of aromatic carboxylic acids is 1. The Bertz CT molecular complexity index is 767. The van der Waals surface area contributed by atoms with Gasteiger partial charge in [-0.15, -0.1) is 10.2 Å². The van der Waals surface area contributed by atoms with E-state index in [4.69, 9.17) is 9.63 Å². The molecule has 1 N–H and O–H groups in total. The van der Waals surface area contributed by atoms with E-state index in [9.17, 15) is 9.59 Å². The van der Waals surface area contributed by atoms with E-state index >= 15 is 0 Å². The number of carboxylic acid groups (broad SMARTS) is 1. The summed E-state index contributed by atoms with van der Waals surface area (Å²) in [5.41, 5.74) is 1.03. The van der Waals surface area contributed by atoms with Gasteiger partial charge in [0.15, 0.2) is 11.5 Å². The Morgan fingerprint density at radius 2 is 1.92 bits per heavy atom. The van der Waals surface area contributed by atoms with Crippen LogP contribution >= 0.6 is 0 Å². The Labute approximate surface area is 144 Å². The second-order valence-electron chi connectivity index (χ2n) is 5.91. The molecule has 2 aromatic rings. The number of carboxylic acids is 1. The minimum Gasteiger partial charge on any atom is -0.476 e. The van der Waals surface area contributed by atoms with E-state index in [0.29, 0.717) is 49.0 Å². The molecule has 0 radical (unpaired) electrons. The highest BCUT2D eigenvalue weighted by molar-refractivity contribution is 5.96. The first kappa shape index (κ1) is 16.9. The van der Waals surface area contributed by atoms with Gasteiger partial charge < -0.3 is 19.4 Å². The molecule has 0 aromatic carbocycles. The standard InChI is InChI=1S/C16H19N5O4/c1-10-14(11(2)25-19-10)15(22)21-7-3-6-20(8-9-21)13-5-4-12(16(23)24)17-18-13/h4-5H,3,6-9H2,1-2H3,(H,23,24). The van der Waals surface area contributed by atoms with Gasteiger partial charge in [0.1, 0.15) is 11.3 Å². The van der Waals surface area contributed by atoms with Crippen molar-refractivity contribution >= 4 is 17.7 Å². The maximum Gasteiger partial charge on any atom is 0.356 e. The van der Waals surface area contributed by atoms with Crippen LogP contribution < -0.4 is 4.90 Å². The second-order valence-corrected chi connectivity index (χ2v) is 5.91. The lowest BCUT2D eigenvalue weighted by Gasteiger charge is -2.22. The van der Waals surface area contributed by atoms with Gasteiger partial charge in [0.05, 0.1) is 5.69 Å². The number of carbonyl (C=O) groups excluding carboxylic acids is 1. The number of rotatable bonds is 3. The lowest BCUT2D eigenvalue weighted by atomic mass is 10.1. The molecule has 2 aromatic heterocycles. The van der Waals surface area contributed by atoms with Crippen molar-refractivity contribution in [3.63, 3.8) is 0 Å². The van der Waals surface area contributed by atoms with Crippen LogP contribution in [0.25, 0.3) is 0 Å². The molecule has 1 fully saturated rings. The highest BCUT2D eigenvalue weighted by Gasteiger charge is 2.25. The molecule has 0 saturated carbocycles. The average Bonchev–Trinajstić information content (AvgIpc) is 2.80. The van der Waals surface area contributed by atoms with E-state index in [1.807, 2.05) is 4.90 Å².